The number of hydrogen-bond acceptors (Lipinski definition) is 3. The second-order valence-corrected chi connectivity index (χ2v) is 9.26. The van der Waals surface area contributed by atoms with E-state index in [1.807, 2.05) is 6.08 Å². The van der Waals surface area contributed by atoms with Crippen LogP contribution in [0.1, 0.15) is 104 Å². The molecule has 1 rings (SSSR count). The zero-order valence-corrected chi connectivity index (χ0v) is 18.9. The van der Waals surface area contributed by atoms with Crippen LogP contribution in [0.3, 0.4) is 0 Å². The molecule has 4 atom stereocenters. The Hall–Kier alpha value is -1.16. The lowest BCUT2D eigenvalue weighted by atomic mass is 9.80. The number of aliphatic carboxylic acids is 1. The van der Waals surface area contributed by atoms with Crippen LogP contribution >= 0.6 is 0 Å². The maximum atomic E-state index is 12.7. The lowest BCUT2D eigenvalue weighted by molar-refractivity contribution is -0.137. The highest BCUT2D eigenvalue weighted by molar-refractivity contribution is 5.84. The molecule has 0 aromatic heterocycles. The van der Waals surface area contributed by atoms with Crippen molar-refractivity contribution in [2.75, 3.05) is 0 Å². The van der Waals surface area contributed by atoms with Crippen LogP contribution in [0.25, 0.3) is 0 Å². The van der Waals surface area contributed by atoms with Gasteiger partial charge in [0.15, 0.2) is 0 Å². The molecule has 0 saturated heterocycles. The first kappa shape index (κ1) is 25.9. The summed E-state index contributed by atoms with van der Waals surface area (Å²) < 4.78 is 0. The SMILES string of the molecule is CCCCCCC(O)C=C[C@@H]1C(C(C)C)CC(=O)[C@H]1CCCCCCCC(=O)O. The van der Waals surface area contributed by atoms with E-state index in [-0.39, 0.29) is 18.3 Å². The Bertz CT molecular complexity index is 497. The Labute approximate surface area is 178 Å². The van der Waals surface area contributed by atoms with Gasteiger partial charge in [-0.3, -0.25) is 9.59 Å². The molecule has 0 bridgehead atoms. The summed E-state index contributed by atoms with van der Waals surface area (Å²) in [4.78, 5) is 23.2. The number of hydrogen-bond donors (Lipinski definition) is 2. The van der Waals surface area contributed by atoms with Gasteiger partial charge in [-0.15, -0.1) is 0 Å². The van der Waals surface area contributed by atoms with Crippen molar-refractivity contribution in [2.45, 2.75) is 110 Å². The van der Waals surface area contributed by atoms with Crippen molar-refractivity contribution in [2.24, 2.45) is 23.7 Å². The molecule has 1 fully saturated rings. The number of ketones is 1. The monoisotopic (exact) mass is 408 g/mol. The van der Waals surface area contributed by atoms with Crippen LogP contribution < -0.4 is 0 Å². The highest BCUT2D eigenvalue weighted by Gasteiger charge is 2.41. The second kappa shape index (κ2) is 14.8. The van der Waals surface area contributed by atoms with Gasteiger partial charge in [0.1, 0.15) is 5.78 Å². The number of carbonyl (C=O) groups excluding carboxylic acids is 1. The molecule has 29 heavy (non-hydrogen) atoms. The van der Waals surface area contributed by atoms with Crippen LogP contribution in [0.15, 0.2) is 12.2 Å². The van der Waals surface area contributed by atoms with Crippen molar-refractivity contribution >= 4 is 11.8 Å². The average Bonchev–Trinajstić information content (AvgIpc) is 2.98. The quantitative estimate of drug-likeness (QED) is 0.237. The molecular formula is C25H44O4. The van der Waals surface area contributed by atoms with Crippen LogP contribution in [-0.4, -0.2) is 28.1 Å². The molecule has 2 unspecified atom stereocenters. The summed E-state index contributed by atoms with van der Waals surface area (Å²) >= 11 is 0. The van der Waals surface area contributed by atoms with Gasteiger partial charge in [-0.25, -0.2) is 0 Å². The summed E-state index contributed by atoms with van der Waals surface area (Å²) in [5, 5.41) is 19.0. The Balaban J connectivity index is 2.49. The third-order valence-electron chi connectivity index (χ3n) is 6.48. The van der Waals surface area contributed by atoms with Gasteiger partial charge < -0.3 is 10.2 Å². The van der Waals surface area contributed by atoms with E-state index in [0.717, 1.165) is 51.4 Å². The summed E-state index contributed by atoms with van der Waals surface area (Å²) in [7, 11) is 0. The number of rotatable bonds is 16. The summed E-state index contributed by atoms with van der Waals surface area (Å²) in [6.45, 7) is 6.59. The molecule has 0 aromatic rings. The number of unbranched alkanes of at least 4 members (excludes halogenated alkanes) is 7. The third-order valence-corrected chi connectivity index (χ3v) is 6.48. The van der Waals surface area contributed by atoms with E-state index in [1.54, 1.807) is 0 Å². The largest absolute Gasteiger partial charge is 0.481 e. The lowest BCUT2D eigenvalue weighted by Gasteiger charge is -2.24. The molecule has 0 aromatic carbocycles. The molecule has 4 heteroatoms. The van der Waals surface area contributed by atoms with Gasteiger partial charge in [-0.05, 0) is 37.0 Å². The number of carboxylic acids is 1. The van der Waals surface area contributed by atoms with Gasteiger partial charge in [0.25, 0.3) is 0 Å². The maximum Gasteiger partial charge on any atom is 0.303 e. The smallest absolute Gasteiger partial charge is 0.303 e. The minimum absolute atomic E-state index is 0.0879. The van der Waals surface area contributed by atoms with E-state index in [4.69, 9.17) is 5.11 Å². The van der Waals surface area contributed by atoms with Crippen LogP contribution in [0.2, 0.25) is 0 Å². The number of allylic oxidation sites excluding steroid dienone is 1. The normalized spacial score (nSPS) is 23.3. The molecule has 1 aliphatic carbocycles. The van der Waals surface area contributed by atoms with Crippen LogP contribution in [0, 0.1) is 23.7 Å². The summed E-state index contributed by atoms with van der Waals surface area (Å²) in [6, 6.07) is 0. The molecular weight excluding hydrogens is 364 g/mol. The van der Waals surface area contributed by atoms with Crippen molar-refractivity contribution < 1.29 is 19.8 Å². The minimum Gasteiger partial charge on any atom is -0.481 e. The van der Waals surface area contributed by atoms with Gasteiger partial charge in [-0.2, -0.15) is 0 Å². The Morgan fingerprint density at radius 1 is 1.07 bits per heavy atom. The Morgan fingerprint density at radius 2 is 1.72 bits per heavy atom. The highest BCUT2D eigenvalue weighted by Crippen LogP contribution is 2.42. The van der Waals surface area contributed by atoms with Crippen molar-refractivity contribution in [1.29, 1.82) is 0 Å². The van der Waals surface area contributed by atoms with E-state index < -0.39 is 12.1 Å². The van der Waals surface area contributed by atoms with Gasteiger partial charge in [0, 0.05) is 18.8 Å². The zero-order chi connectivity index (χ0) is 21.6. The van der Waals surface area contributed by atoms with E-state index in [2.05, 4.69) is 26.8 Å². The molecule has 0 amide bonds. The molecule has 2 N–H and O–H groups in total. The molecule has 0 spiro atoms. The molecule has 0 radical (unpaired) electrons. The van der Waals surface area contributed by atoms with E-state index in [1.165, 1.54) is 19.3 Å². The second-order valence-electron chi connectivity index (χ2n) is 9.26. The molecule has 1 aliphatic rings. The molecule has 168 valence electrons. The topological polar surface area (TPSA) is 74.6 Å². The summed E-state index contributed by atoms with van der Waals surface area (Å²) in [5.41, 5.74) is 0. The fraction of sp³-hybridized carbons (Fsp3) is 0.840. The summed E-state index contributed by atoms with van der Waals surface area (Å²) in [5.74, 6) is 0.859. The van der Waals surface area contributed by atoms with E-state index >= 15 is 0 Å². The van der Waals surface area contributed by atoms with Gasteiger partial charge >= 0.3 is 5.97 Å². The fourth-order valence-corrected chi connectivity index (χ4v) is 4.65. The third kappa shape index (κ3) is 10.4. The number of aliphatic hydroxyl groups excluding tert-OH is 1. The Morgan fingerprint density at radius 3 is 2.38 bits per heavy atom. The van der Waals surface area contributed by atoms with Crippen LogP contribution in [0.5, 0.6) is 0 Å². The first-order valence-corrected chi connectivity index (χ1v) is 12.0. The zero-order valence-electron chi connectivity index (χ0n) is 18.9. The molecule has 4 nitrogen and oxygen atoms in total. The molecule has 0 aliphatic heterocycles. The number of carboxylic acid groups (broad SMARTS) is 1. The summed E-state index contributed by atoms with van der Waals surface area (Å²) in [6.07, 6.45) is 15.8. The molecule has 1 saturated carbocycles. The molecule has 0 heterocycles. The average molecular weight is 409 g/mol. The Kier molecular flexibility index (Phi) is 13.2. The van der Waals surface area contributed by atoms with Crippen molar-refractivity contribution in [3.8, 4) is 0 Å². The highest BCUT2D eigenvalue weighted by atomic mass is 16.4. The number of Topliss-reactive ketones (excluding diaryl/α,β-unsaturated/α-hetero) is 1. The van der Waals surface area contributed by atoms with Crippen molar-refractivity contribution in [3.63, 3.8) is 0 Å². The van der Waals surface area contributed by atoms with Crippen molar-refractivity contribution in [1.82, 2.24) is 0 Å². The van der Waals surface area contributed by atoms with E-state index in [0.29, 0.717) is 24.0 Å². The lowest BCUT2D eigenvalue weighted by Crippen LogP contribution is -2.19. The minimum atomic E-state index is -0.719. The van der Waals surface area contributed by atoms with E-state index in [9.17, 15) is 14.7 Å². The van der Waals surface area contributed by atoms with Gasteiger partial charge in [0.05, 0.1) is 6.10 Å². The van der Waals surface area contributed by atoms with Crippen LogP contribution in [-0.2, 0) is 9.59 Å². The maximum absolute atomic E-state index is 12.7. The van der Waals surface area contributed by atoms with Gasteiger partial charge in [0.2, 0.25) is 0 Å². The van der Waals surface area contributed by atoms with Gasteiger partial charge in [-0.1, -0.05) is 84.3 Å². The first-order chi connectivity index (χ1) is 13.9. The number of carbonyl (C=O) groups is 2. The fourth-order valence-electron chi connectivity index (χ4n) is 4.65. The standard InChI is InChI=1S/C25H44O4/c1-4-5-6-10-13-20(26)16-17-21-22(24(27)18-23(21)19(2)3)14-11-8-7-9-12-15-25(28)29/h16-17,19-23,26H,4-15,18H2,1-3H3,(H,28,29)/t20?,21-,22-,23?/m0/s1. The predicted molar refractivity (Wildman–Crippen MR) is 119 cm³/mol. The van der Waals surface area contributed by atoms with Crippen molar-refractivity contribution in [3.05, 3.63) is 12.2 Å². The van der Waals surface area contributed by atoms with Crippen LogP contribution in [0.4, 0.5) is 0 Å². The first-order valence-electron chi connectivity index (χ1n) is 12.0. The number of aliphatic hydroxyl groups is 1. The predicted octanol–water partition coefficient (Wildman–Crippen LogP) is 6.17.